The van der Waals surface area contributed by atoms with Crippen LogP contribution in [0.15, 0.2) is 35.5 Å². The highest BCUT2D eigenvalue weighted by Crippen LogP contribution is 2.31. The van der Waals surface area contributed by atoms with Gasteiger partial charge in [0.25, 0.3) is 0 Å². The highest BCUT2D eigenvalue weighted by Gasteiger charge is 2.41. The van der Waals surface area contributed by atoms with E-state index in [1.165, 1.54) is 0 Å². The van der Waals surface area contributed by atoms with Crippen molar-refractivity contribution in [1.29, 1.82) is 0 Å². The summed E-state index contributed by atoms with van der Waals surface area (Å²) >= 11 is 0. The van der Waals surface area contributed by atoms with Crippen molar-refractivity contribution >= 4 is 5.91 Å². The predicted octanol–water partition coefficient (Wildman–Crippen LogP) is 1.56. The SMILES string of the molecule is C=CCN1C[C@H](C(=O)NCc2ccco2)C[C@@H]2OCC[C@@H]21. The van der Waals surface area contributed by atoms with Crippen LogP contribution in [0.3, 0.4) is 0 Å². The average molecular weight is 290 g/mol. The van der Waals surface area contributed by atoms with Gasteiger partial charge in [0.1, 0.15) is 5.76 Å². The van der Waals surface area contributed by atoms with Gasteiger partial charge in [-0.2, -0.15) is 0 Å². The topological polar surface area (TPSA) is 54.7 Å². The molecule has 2 saturated heterocycles. The molecule has 3 heterocycles. The number of amides is 1. The minimum absolute atomic E-state index is 0.0285. The summed E-state index contributed by atoms with van der Waals surface area (Å²) in [5, 5.41) is 2.96. The Labute approximate surface area is 124 Å². The molecule has 1 aromatic rings. The average Bonchev–Trinajstić information content (AvgIpc) is 3.16. The van der Waals surface area contributed by atoms with Crippen molar-refractivity contribution in [3.05, 3.63) is 36.8 Å². The summed E-state index contributed by atoms with van der Waals surface area (Å²) in [6.07, 6.45) is 5.56. The molecule has 0 unspecified atom stereocenters. The van der Waals surface area contributed by atoms with Gasteiger partial charge in [0.15, 0.2) is 0 Å². The van der Waals surface area contributed by atoms with Gasteiger partial charge in [-0.1, -0.05) is 6.08 Å². The fourth-order valence-electron chi connectivity index (χ4n) is 3.35. The van der Waals surface area contributed by atoms with Crippen LogP contribution >= 0.6 is 0 Å². The van der Waals surface area contributed by atoms with Gasteiger partial charge in [0, 0.05) is 25.7 Å². The molecular formula is C16H22N2O3. The van der Waals surface area contributed by atoms with Gasteiger partial charge in [-0.15, -0.1) is 6.58 Å². The predicted molar refractivity (Wildman–Crippen MR) is 78.6 cm³/mol. The highest BCUT2D eigenvalue weighted by atomic mass is 16.5. The van der Waals surface area contributed by atoms with Crippen LogP contribution in [0.5, 0.6) is 0 Å². The standard InChI is InChI=1S/C16H22N2O3/c1-2-6-18-11-12(9-15-14(18)5-8-21-15)16(19)17-10-13-4-3-7-20-13/h2-4,7,12,14-15H,1,5-6,8-11H2,(H,17,19)/t12-,14+,15+/m1/s1. The second kappa shape index (κ2) is 6.45. The molecule has 2 aliphatic rings. The van der Waals surface area contributed by atoms with Crippen molar-refractivity contribution in [2.45, 2.75) is 31.5 Å². The Balaban J connectivity index is 1.59. The van der Waals surface area contributed by atoms with Crippen LogP contribution in [-0.2, 0) is 16.1 Å². The van der Waals surface area contributed by atoms with Crippen LogP contribution in [-0.4, -0.2) is 42.6 Å². The fourth-order valence-corrected chi connectivity index (χ4v) is 3.35. The maximum absolute atomic E-state index is 12.4. The minimum Gasteiger partial charge on any atom is -0.467 e. The van der Waals surface area contributed by atoms with Crippen LogP contribution in [0, 0.1) is 5.92 Å². The fraction of sp³-hybridized carbons (Fsp3) is 0.562. The maximum Gasteiger partial charge on any atom is 0.224 e. The van der Waals surface area contributed by atoms with Crippen LogP contribution in [0.1, 0.15) is 18.6 Å². The van der Waals surface area contributed by atoms with E-state index in [2.05, 4.69) is 16.8 Å². The number of ether oxygens (including phenoxy) is 1. The van der Waals surface area contributed by atoms with E-state index in [9.17, 15) is 4.79 Å². The van der Waals surface area contributed by atoms with Crippen LogP contribution < -0.4 is 5.32 Å². The summed E-state index contributed by atoms with van der Waals surface area (Å²) in [4.78, 5) is 14.7. The third kappa shape index (κ3) is 3.19. The normalized spacial score (nSPS) is 29.0. The lowest BCUT2D eigenvalue weighted by atomic mass is 9.89. The smallest absolute Gasteiger partial charge is 0.224 e. The van der Waals surface area contributed by atoms with E-state index in [1.807, 2.05) is 18.2 Å². The van der Waals surface area contributed by atoms with Crippen molar-refractivity contribution in [2.24, 2.45) is 5.92 Å². The van der Waals surface area contributed by atoms with Crippen molar-refractivity contribution in [3.8, 4) is 0 Å². The van der Waals surface area contributed by atoms with Crippen LogP contribution in [0.25, 0.3) is 0 Å². The van der Waals surface area contributed by atoms with E-state index < -0.39 is 0 Å². The Kier molecular flexibility index (Phi) is 4.41. The van der Waals surface area contributed by atoms with E-state index in [1.54, 1.807) is 6.26 Å². The zero-order valence-electron chi connectivity index (χ0n) is 12.2. The number of nitrogens with zero attached hydrogens (tertiary/aromatic N) is 1. The first-order valence-corrected chi connectivity index (χ1v) is 7.54. The van der Waals surface area contributed by atoms with Gasteiger partial charge in [-0.25, -0.2) is 0 Å². The van der Waals surface area contributed by atoms with Gasteiger partial charge in [-0.3, -0.25) is 9.69 Å². The number of hydrogen-bond acceptors (Lipinski definition) is 4. The lowest BCUT2D eigenvalue weighted by Crippen LogP contribution is -2.52. The molecule has 3 rings (SSSR count). The van der Waals surface area contributed by atoms with Gasteiger partial charge >= 0.3 is 0 Å². The monoisotopic (exact) mass is 290 g/mol. The molecule has 2 fully saturated rings. The summed E-state index contributed by atoms with van der Waals surface area (Å²) in [6.45, 7) is 6.64. The molecular weight excluding hydrogens is 268 g/mol. The zero-order chi connectivity index (χ0) is 14.7. The number of carbonyl (C=O) groups excluding carboxylic acids is 1. The van der Waals surface area contributed by atoms with E-state index >= 15 is 0 Å². The van der Waals surface area contributed by atoms with Crippen LogP contribution in [0.4, 0.5) is 0 Å². The third-order valence-electron chi connectivity index (χ3n) is 4.37. The molecule has 0 spiro atoms. The molecule has 0 radical (unpaired) electrons. The molecule has 1 amide bonds. The Morgan fingerprint density at radius 1 is 1.57 bits per heavy atom. The summed E-state index contributed by atoms with van der Waals surface area (Å²) in [5.74, 6) is 0.825. The maximum atomic E-state index is 12.4. The first-order valence-electron chi connectivity index (χ1n) is 7.54. The quantitative estimate of drug-likeness (QED) is 0.836. The highest BCUT2D eigenvalue weighted by molar-refractivity contribution is 5.79. The first kappa shape index (κ1) is 14.4. The van der Waals surface area contributed by atoms with Gasteiger partial charge in [0.05, 0.1) is 24.8 Å². The molecule has 114 valence electrons. The Morgan fingerprint density at radius 3 is 3.24 bits per heavy atom. The van der Waals surface area contributed by atoms with E-state index in [0.29, 0.717) is 12.6 Å². The number of rotatable bonds is 5. The molecule has 1 aromatic heterocycles. The van der Waals surface area contributed by atoms with Crippen molar-refractivity contribution in [3.63, 3.8) is 0 Å². The molecule has 3 atom stereocenters. The number of carbonyl (C=O) groups is 1. The largest absolute Gasteiger partial charge is 0.467 e. The minimum atomic E-state index is -0.0285. The Morgan fingerprint density at radius 2 is 2.48 bits per heavy atom. The number of piperidine rings is 1. The lowest BCUT2D eigenvalue weighted by Gasteiger charge is -2.39. The number of nitrogens with one attached hydrogen (secondary N) is 1. The molecule has 0 saturated carbocycles. The second-order valence-corrected chi connectivity index (χ2v) is 5.74. The Hall–Kier alpha value is -1.59. The van der Waals surface area contributed by atoms with Gasteiger partial charge < -0.3 is 14.5 Å². The van der Waals surface area contributed by atoms with Crippen molar-refractivity contribution in [1.82, 2.24) is 10.2 Å². The second-order valence-electron chi connectivity index (χ2n) is 5.74. The van der Waals surface area contributed by atoms with Crippen LogP contribution in [0.2, 0.25) is 0 Å². The van der Waals surface area contributed by atoms with E-state index in [4.69, 9.17) is 9.15 Å². The molecule has 0 aliphatic carbocycles. The molecule has 0 bridgehead atoms. The van der Waals surface area contributed by atoms with Crippen molar-refractivity contribution in [2.75, 3.05) is 19.7 Å². The molecule has 2 aliphatic heterocycles. The summed E-state index contributed by atoms with van der Waals surface area (Å²) in [6, 6.07) is 4.13. The first-order chi connectivity index (χ1) is 10.3. The Bertz CT molecular complexity index is 486. The summed E-state index contributed by atoms with van der Waals surface area (Å²) in [7, 11) is 0. The molecule has 21 heavy (non-hydrogen) atoms. The lowest BCUT2D eigenvalue weighted by molar-refractivity contribution is -0.129. The molecule has 5 nitrogen and oxygen atoms in total. The third-order valence-corrected chi connectivity index (χ3v) is 4.37. The zero-order valence-corrected chi connectivity index (χ0v) is 12.2. The summed E-state index contributed by atoms with van der Waals surface area (Å²) in [5.41, 5.74) is 0. The molecule has 5 heteroatoms. The number of fused-ring (bicyclic) bond motifs is 1. The van der Waals surface area contributed by atoms with E-state index in [0.717, 1.165) is 38.3 Å². The number of hydrogen-bond donors (Lipinski definition) is 1. The van der Waals surface area contributed by atoms with Gasteiger partial charge in [0.2, 0.25) is 5.91 Å². The number of likely N-dealkylation sites (tertiary alicyclic amines) is 1. The summed E-state index contributed by atoms with van der Waals surface area (Å²) < 4.78 is 11.0. The van der Waals surface area contributed by atoms with Crippen molar-refractivity contribution < 1.29 is 13.9 Å². The van der Waals surface area contributed by atoms with Gasteiger partial charge in [-0.05, 0) is 25.0 Å². The molecule has 1 N–H and O–H groups in total. The molecule has 0 aromatic carbocycles. The number of furan rings is 1. The van der Waals surface area contributed by atoms with E-state index in [-0.39, 0.29) is 17.9 Å².